The van der Waals surface area contributed by atoms with Gasteiger partial charge in [0.1, 0.15) is 12.1 Å². The van der Waals surface area contributed by atoms with Gasteiger partial charge in [0.2, 0.25) is 11.8 Å². The van der Waals surface area contributed by atoms with Crippen LogP contribution in [0, 0.1) is 0 Å². The van der Waals surface area contributed by atoms with Crippen LogP contribution in [0.5, 0.6) is 0 Å². The lowest BCUT2D eigenvalue weighted by Gasteiger charge is -2.17. The fourth-order valence-electron chi connectivity index (χ4n) is 4.70. The van der Waals surface area contributed by atoms with Gasteiger partial charge in [0.15, 0.2) is 0 Å². The van der Waals surface area contributed by atoms with Crippen molar-refractivity contribution in [3.8, 4) is 0 Å². The molecule has 262 valence electrons. The topological polar surface area (TPSA) is 142 Å². The van der Waals surface area contributed by atoms with E-state index in [-0.39, 0.29) is 30.9 Å². The minimum absolute atomic E-state index is 0.0953. The number of rotatable bonds is 30. The van der Waals surface area contributed by atoms with E-state index >= 15 is 0 Å². The maximum atomic E-state index is 12.4. The second-order valence-corrected chi connectivity index (χ2v) is 11.6. The molecule has 0 saturated heterocycles. The van der Waals surface area contributed by atoms with Gasteiger partial charge < -0.3 is 25.6 Å². The van der Waals surface area contributed by atoms with Crippen molar-refractivity contribution in [2.45, 2.75) is 148 Å². The van der Waals surface area contributed by atoms with Crippen molar-refractivity contribution in [2.75, 3.05) is 13.2 Å². The van der Waals surface area contributed by atoms with Crippen LogP contribution in [0.2, 0.25) is 0 Å². The minimum Gasteiger partial charge on any atom is -0.480 e. The van der Waals surface area contributed by atoms with Crippen molar-refractivity contribution in [1.82, 2.24) is 10.6 Å². The SMILES string of the molecule is CC/C=C\C/C=C\C/C=C\C/C=C\CCCCCCCCC(=O)OC(CCC)CCCCCC(=O)NCC(=O)NC(CO)C(=O)O. The van der Waals surface area contributed by atoms with Gasteiger partial charge >= 0.3 is 11.9 Å². The van der Waals surface area contributed by atoms with Crippen LogP contribution in [0.25, 0.3) is 0 Å². The molecule has 9 nitrogen and oxygen atoms in total. The number of carbonyl (C=O) groups excluding carboxylic acids is 3. The number of aliphatic carboxylic acids is 1. The molecule has 0 aromatic heterocycles. The number of hydrogen-bond acceptors (Lipinski definition) is 6. The van der Waals surface area contributed by atoms with Gasteiger partial charge in [0, 0.05) is 12.8 Å². The third kappa shape index (κ3) is 28.3. The molecule has 2 atom stereocenters. The van der Waals surface area contributed by atoms with Crippen LogP contribution in [0.15, 0.2) is 48.6 Å². The molecule has 0 spiro atoms. The fraction of sp³-hybridized carbons (Fsp3) is 0.676. The van der Waals surface area contributed by atoms with Gasteiger partial charge in [-0.2, -0.15) is 0 Å². The van der Waals surface area contributed by atoms with E-state index in [1.807, 2.05) is 0 Å². The lowest BCUT2D eigenvalue weighted by Crippen LogP contribution is -2.47. The van der Waals surface area contributed by atoms with Crippen LogP contribution in [0.3, 0.4) is 0 Å². The number of ether oxygens (including phenoxy) is 1. The lowest BCUT2D eigenvalue weighted by molar-refractivity contribution is -0.150. The third-order valence-corrected chi connectivity index (χ3v) is 7.32. The van der Waals surface area contributed by atoms with E-state index in [4.69, 9.17) is 14.9 Å². The van der Waals surface area contributed by atoms with Crippen LogP contribution in [-0.4, -0.2) is 59.3 Å². The van der Waals surface area contributed by atoms with Gasteiger partial charge in [-0.1, -0.05) is 101 Å². The predicted molar refractivity (Wildman–Crippen MR) is 185 cm³/mol. The molecule has 2 unspecified atom stereocenters. The van der Waals surface area contributed by atoms with E-state index in [0.717, 1.165) is 83.5 Å². The van der Waals surface area contributed by atoms with Crippen molar-refractivity contribution in [2.24, 2.45) is 0 Å². The summed E-state index contributed by atoms with van der Waals surface area (Å²) in [4.78, 5) is 46.8. The number of amides is 2. The van der Waals surface area contributed by atoms with Crippen molar-refractivity contribution < 1.29 is 34.1 Å². The Morgan fingerprint density at radius 3 is 1.85 bits per heavy atom. The molecule has 0 aliphatic heterocycles. The van der Waals surface area contributed by atoms with Crippen molar-refractivity contribution in [1.29, 1.82) is 0 Å². The second-order valence-electron chi connectivity index (χ2n) is 11.6. The van der Waals surface area contributed by atoms with E-state index in [1.165, 1.54) is 19.3 Å². The maximum Gasteiger partial charge on any atom is 0.328 e. The van der Waals surface area contributed by atoms with Crippen molar-refractivity contribution in [3.05, 3.63) is 48.6 Å². The number of esters is 1. The molecule has 0 aliphatic carbocycles. The first-order chi connectivity index (χ1) is 22.3. The molecule has 0 radical (unpaired) electrons. The molecule has 0 fully saturated rings. The summed E-state index contributed by atoms with van der Waals surface area (Å²) in [6, 6.07) is -1.39. The predicted octanol–water partition coefficient (Wildman–Crippen LogP) is 7.25. The molecular weight excluding hydrogens is 584 g/mol. The lowest BCUT2D eigenvalue weighted by atomic mass is 10.0. The first-order valence-electron chi connectivity index (χ1n) is 17.5. The molecule has 0 aliphatic rings. The number of aliphatic hydroxyl groups excluding tert-OH is 1. The monoisotopic (exact) mass is 646 g/mol. The van der Waals surface area contributed by atoms with Gasteiger partial charge in [-0.3, -0.25) is 14.4 Å². The van der Waals surface area contributed by atoms with E-state index in [0.29, 0.717) is 12.8 Å². The fourth-order valence-corrected chi connectivity index (χ4v) is 4.70. The summed E-state index contributed by atoms with van der Waals surface area (Å²) in [5, 5.41) is 22.3. The summed E-state index contributed by atoms with van der Waals surface area (Å²) < 4.78 is 5.74. The average Bonchev–Trinajstić information content (AvgIpc) is 3.03. The highest BCUT2D eigenvalue weighted by Crippen LogP contribution is 2.15. The van der Waals surface area contributed by atoms with E-state index < -0.39 is 24.5 Å². The number of carboxylic acid groups (broad SMARTS) is 1. The zero-order valence-electron chi connectivity index (χ0n) is 28.6. The zero-order chi connectivity index (χ0) is 34.1. The number of carbonyl (C=O) groups is 4. The Hall–Kier alpha value is -3.20. The van der Waals surface area contributed by atoms with Crippen LogP contribution < -0.4 is 10.6 Å². The largest absolute Gasteiger partial charge is 0.480 e. The Labute approximate surface area is 278 Å². The van der Waals surface area contributed by atoms with Crippen molar-refractivity contribution in [3.63, 3.8) is 0 Å². The zero-order valence-corrected chi connectivity index (χ0v) is 28.6. The van der Waals surface area contributed by atoms with Crippen LogP contribution in [0.4, 0.5) is 0 Å². The Kier molecular flexibility index (Phi) is 29.6. The van der Waals surface area contributed by atoms with Gasteiger partial charge in [-0.15, -0.1) is 0 Å². The number of unbranched alkanes of at least 4 members (excludes halogenated alkanes) is 8. The minimum atomic E-state index is -1.39. The standard InChI is InChI=1S/C37H62N2O7/c1-3-5-6-7-8-9-10-11-12-13-14-15-16-17-18-19-20-21-25-29-36(43)46-32(26-4-2)27-23-22-24-28-34(41)38-30-35(42)39-33(31-40)37(44)45/h5-6,8-9,11-12,14-15,32-33,40H,3-4,7,10,13,16-31H2,1-2H3,(H,38,41)(H,39,42)(H,44,45)/b6-5-,9-8-,12-11-,15-14-. The Bertz CT molecular complexity index is 927. The second kappa shape index (κ2) is 31.8. The molecule has 2 amide bonds. The molecular formula is C37H62N2O7. The van der Waals surface area contributed by atoms with Crippen LogP contribution in [0.1, 0.15) is 136 Å². The molecule has 9 heteroatoms. The van der Waals surface area contributed by atoms with Crippen LogP contribution >= 0.6 is 0 Å². The van der Waals surface area contributed by atoms with Gasteiger partial charge in [0.25, 0.3) is 0 Å². The first kappa shape index (κ1) is 42.8. The molecule has 0 aromatic carbocycles. The highest BCUT2D eigenvalue weighted by molar-refractivity contribution is 5.87. The Balaban J connectivity index is 3.83. The molecule has 0 rings (SSSR count). The maximum absolute atomic E-state index is 12.4. The van der Waals surface area contributed by atoms with Gasteiger partial charge in [0.05, 0.1) is 13.2 Å². The highest BCUT2D eigenvalue weighted by Gasteiger charge is 2.19. The summed E-state index contributed by atoms with van der Waals surface area (Å²) in [6.45, 7) is 3.15. The number of aliphatic hydroxyl groups is 1. The van der Waals surface area contributed by atoms with Crippen LogP contribution in [-0.2, 0) is 23.9 Å². The van der Waals surface area contributed by atoms with E-state index in [9.17, 15) is 19.2 Å². The van der Waals surface area contributed by atoms with E-state index in [2.05, 4.69) is 73.1 Å². The summed E-state index contributed by atoms with van der Waals surface area (Å²) in [5.41, 5.74) is 0. The molecule has 0 aromatic rings. The average molecular weight is 647 g/mol. The summed E-state index contributed by atoms with van der Waals surface area (Å²) in [7, 11) is 0. The highest BCUT2D eigenvalue weighted by atomic mass is 16.5. The summed E-state index contributed by atoms with van der Waals surface area (Å²) >= 11 is 0. The number of nitrogens with one attached hydrogen (secondary N) is 2. The van der Waals surface area contributed by atoms with Crippen molar-refractivity contribution >= 4 is 23.8 Å². The summed E-state index contributed by atoms with van der Waals surface area (Å²) in [5.74, 6) is -2.44. The van der Waals surface area contributed by atoms with Gasteiger partial charge in [-0.05, 0) is 70.6 Å². The normalized spacial score (nSPS) is 13.1. The molecule has 0 heterocycles. The van der Waals surface area contributed by atoms with Gasteiger partial charge in [-0.25, -0.2) is 4.79 Å². The Morgan fingerprint density at radius 1 is 0.674 bits per heavy atom. The molecule has 0 bridgehead atoms. The summed E-state index contributed by atoms with van der Waals surface area (Å²) in [6.07, 6.45) is 35.1. The molecule has 0 saturated carbocycles. The number of hydrogen-bond donors (Lipinski definition) is 4. The number of allylic oxidation sites excluding steroid dienone is 8. The Morgan fingerprint density at radius 2 is 1.24 bits per heavy atom. The van der Waals surface area contributed by atoms with E-state index in [1.54, 1.807) is 0 Å². The number of carboxylic acids is 1. The quantitative estimate of drug-likeness (QED) is 0.0366. The smallest absolute Gasteiger partial charge is 0.328 e. The molecule has 46 heavy (non-hydrogen) atoms. The first-order valence-corrected chi connectivity index (χ1v) is 17.5. The third-order valence-electron chi connectivity index (χ3n) is 7.32. The molecule has 4 N–H and O–H groups in total.